The molecule has 0 aliphatic heterocycles. The largest absolute Gasteiger partial charge is 0.357 e. The molecule has 0 bridgehead atoms. The zero-order valence-corrected chi connectivity index (χ0v) is 17.1. The van der Waals surface area contributed by atoms with Gasteiger partial charge in [0.2, 0.25) is 0 Å². The highest BCUT2D eigenvalue weighted by Gasteiger charge is 2.04. The standard InChI is InChI=1S/C15H23BrN4O.HI/c1-4-17-15(20-11(2)3)19-10-9-18-14(21)12-5-7-13(16)8-6-12;/h5-8,11H,4,9-10H2,1-3H3,(H,18,21)(H2,17,19,20);1H. The van der Waals surface area contributed by atoms with Crippen LogP contribution in [-0.4, -0.2) is 37.5 Å². The molecule has 0 aliphatic rings. The van der Waals surface area contributed by atoms with Gasteiger partial charge in [-0.2, -0.15) is 0 Å². The van der Waals surface area contributed by atoms with Crippen molar-refractivity contribution in [3.05, 3.63) is 34.3 Å². The van der Waals surface area contributed by atoms with E-state index in [4.69, 9.17) is 0 Å². The highest BCUT2D eigenvalue weighted by molar-refractivity contribution is 14.0. The molecule has 0 saturated carbocycles. The van der Waals surface area contributed by atoms with Gasteiger partial charge < -0.3 is 16.0 Å². The second kappa shape index (κ2) is 11.7. The number of amides is 1. The predicted octanol–water partition coefficient (Wildman–Crippen LogP) is 2.76. The second-order valence-corrected chi connectivity index (χ2v) is 5.74. The van der Waals surface area contributed by atoms with E-state index in [2.05, 4.69) is 50.7 Å². The van der Waals surface area contributed by atoms with Crippen molar-refractivity contribution in [1.82, 2.24) is 16.0 Å². The molecule has 0 saturated heterocycles. The van der Waals surface area contributed by atoms with Gasteiger partial charge in [-0.15, -0.1) is 24.0 Å². The van der Waals surface area contributed by atoms with E-state index in [1.807, 2.05) is 19.1 Å². The van der Waals surface area contributed by atoms with Gasteiger partial charge >= 0.3 is 0 Å². The molecular formula is C15H24BrIN4O. The van der Waals surface area contributed by atoms with Crippen molar-refractivity contribution >= 4 is 51.8 Å². The van der Waals surface area contributed by atoms with Crippen molar-refractivity contribution < 1.29 is 4.79 Å². The van der Waals surface area contributed by atoms with E-state index >= 15 is 0 Å². The maximum absolute atomic E-state index is 11.9. The number of rotatable bonds is 6. The van der Waals surface area contributed by atoms with Crippen LogP contribution in [-0.2, 0) is 0 Å². The van der Waals surface area contributed by atoms with Crippen LogP contribution in [0.15, 0.2) is 33.7 Å². The zero-order valence-electron chi connectivity index (χ0n) is 13.1. The Bertz CT molecular complexity index is 477. The summed E-state index contributed by atoms with van der Waals surface area (Å²) in [6.07, 6.45) is 0. The smallest absolute Gasteiger partial charge is 0.251 e. The normalized spacial score (nSPS) is 10.9. The van der Waals surface area contributed by atoms with Gasteiger partial charge in [-0.1, -0.05) is 15.9 Å². The maximum atomic E-state index is 11.9. The highest BCUT2D eigenvalue weighted by Crippen LogP contribution is 2.10. The molecule has 0 atom stereocenters. The summed E-state index contributed by atoms with van der Waals surface area (Å²) < 4.78 is 0.957. The third-order valence-corrected chi connectivity index (χ3v) is 3.07. The Hall–Kier alpha value is -0.830. The van der Waals surface area contributed by atoms with Gasteiger partial charge in [0.15, 0.2) is 5.96 Å². The van der Waals surface area contributed by atoms with Crippen LogP contribution in [0.3, 0.4) is 0 Å². The Balaban J connectivity index is 0.00000441. The van der Waals surface area contributed by atoms with Gasteiger partial charge in [-0.3, -0.25) is 9.79 Å². The Morgan fingerprint density at radius 2 is 1.86 bits per heavy atom. The Morgan fingerprint density at radius 1 is 1.23 bits per heavy atom. The molecule has 0 aromatic heterocycles. The average molecular weight is 483 g/mol. The van der Waals surface area contributed by atoms with Crippen LogP contribution >= 0.6 is 39.9 Å². The quantitative estimate of drug-likeness (QED) is 0.253. The lowest BCUT2D eigenvalue weighted by Gasteiger charge is -2.14. The van der Waals surface area contributed by atoms with Crippen LogP contribution in [0.4, 0.5) is 0 Å². The predicted molar refractivity (Wildman–Crippen MR) is 106 cm³/mol. The fourth-order valence-electron chi connectivity index (χ4n) is 1.63. The first-order valence-corrected chi connectivity index (χ1v) is 7.90. The first-order valence-electron chi connectivity index (χ1n) is 7.11. The summed E-state index contributed by atoms with van der Waals surface area (Å²) in [6, 6.07) is 7.59. The van der Waals surface area contributed by atoms with E-state index in [1.165, 1.54) is 0 Å². The third-order valence-electron chi connectivity index (χ3n) is 2.54. The van der Waals surface area contributed by atoms with E-state index in [1.54, 1.807) is 12.1 Å². The van der Waals surface area contributed by atoms with E-state index in [9.17, 15) is 4.79 Å². The molecule has 0 aliphatic carbocycles. The van der Waals surface area contributed by atoms with Crippen LogP contribution in [0, 0.1) is 0 Å². The number of halogens is 2. The molecule has 0 radical (unpaired) electrons. The molecule has 22 heavy (non-hydrogen) atoms. The van der Waals surface area contributed by atoms with E-state index in [0.717, 1.165) is 17.0 Å². The molecule has 1 rings (SSSR count). The van der Waals surface area contributed by atoms with Crippen LogP contribution in [0.2, 0.25) is 0 Å². The number of nitrogens with one attached hydrogen (secondary N) is 3. The zero-order chi connectivity index (χ0) is 15.7. The molecule has 1 aromatic rings. The van der Waals surface area contributed by atoms with Crippen LogP contribution in [0.1, 0.15) is 31.1 Å². The van der Waals surface area contributed by atoms with Crippen molar-refractivity contribution in [3.63, 3.8) is 0 Å². The molecule has 0 spiro atoms. The van der Waals surface area contributed by atoms with Gasteiger partial charge in [-0.05, 0) is 45.0 Å². The first kappa shape index (κ1) is 21.2. The lowest BCUT2D eigenvalue weighted by Crippen LogP contribution is -2.41. The number of hydrogen-bond acceptors (Lipinski definition) is 2. The van der Waals surface area contributed by atoms with Gasteiger partial charge in [0.25, 0.3) is 5.91 Å². The molecule has 124 valence electrons. The Labute approximate surface area is 157 Å². The monoisotopic (exact) mass is 482 g/mol. The molecule has 0 fully saturated rings. The molecular weight excluding hydrogens is 459 g/mol. The lowest BCUT2D eigenvalue weighted by molar-refractivity contribution is 0.0955. The summed E-state index contributed by atoms with van der Waals surface area (Å²) in [5.74, 6) is 0.685. The molecule has 1 aromatic carbocycles. The number of guanidine groups is 1. The van der Waals surface area contributed by atoms with Crippen LogP contribution in [0.5, 0.6) is 0 Å². The minimum atomic E-state index is -0.0838. The highest BCUT2D eigenvalue weighted by atomic mass is 127. The molecule has 5 nitrogen and oxygen atoms in total. The molecule has 0 unspecified atom stereocenters. The molecule has 3 N–H and O–H groups in total. The van der Waals surface area contributed by atoms with E-state index in [-0.39, 0.29) is 29.9 Å². The summed E-state index contributed by atoms with van der Waals surface area (Å²) in [4.78, 5) is 16.3. The fraction of sp³-hybridized carbons (Fsp3) is 0.467. The number of aliphatic imine (C=N–C) groups is 1. The lowest BCUT2D eigenvalue weighted by atomic mass is 10.2. The van der Waals surface area contributed by atoms with Gasteiger partial charge in [-0.25, -0.2) is 0 Å². The summed E-state index contributed by atoms with van der Waals surface area (Å²) in [5, 5.41) is 9.24. The summed E-state index contributed by atoms with van der Waals surface area (Å²) in [6.45, 7) is 7.98. The fourth-order valence-corrected chi connectivity index (χ4v) is 1.90. The Morgan fingerprint density at radius 3 is 2.41 bits per heavy atom. The van der Waals surface area contributed by atoms with Crippen molar-refractivity contribution in [2.45, 2.75) is 26.8 Å². The average Bonchev–Trinajstić information content (AvgIpc) is 2.43. The van der Waals surface area contributed by atoms with Crippen molar-refractivity contribution in [2.75, 3.05) is 19.6 Å². The van der Waals surface area contributed by atoms with Gasteiger partial charge in [0.05, 0.1) is 6.54 Å². The van der Waals surface area contributed by atoms with Crippen LogP contribution < -0.4 is 16.0 Å². The van der Waals surface area contributed by atoms with Crippen LogP contribution in [0.25, 0.3) is 0 Å². The summed E-state index contributed by atoms with van der Waals surface area (Å²) >= 11 is 3.35. The number of nitrogens with zero attached hydrogens (tertiary/aromatic N) is 1. The first-order chi connectivity index (χ1) is 10.0. The minimum Gasteiger partial charge on any atom is -0.357 e. The number of hydrogen-bond donors (Lipinski definition) is 3. The second-order valence-electron chi connectivity index (χ2n) is 4.82. The van der Waals surface area contributed by atoms with E-state index < -0.39 is 0 Å². The molecule has 1 amide bonds. The number of carbonyl (C=O) groups is 1. The van der Waals surface area contributed by atoms with E-state index in [0.29, 0.717) is 24.7 Å². The van der Waals surface area contributed by atoms with Crippen molar-refractivity contribution in [3.8, 4) is 0 Å². The summed E-state index contributed by atoms with van der Waals surface area (Å²) in [5.41, 5.74) is 0.648. The molecule has 0 heterocycles. The third kappa shape index (κ3) is 8.57. The van der Waals surface area contributed by atoms with Crippen molar-refractivity contribution in [1.29, 1.82) is 0 Å². The summed E-state index contributed by atoms with van der Waals surface area (Å²) in [7, 11) is 0. The minimum absolute atomic E-state index is 0. The Kier molecular flexibility index (Phi) is 11.3. The van der Waals surface area contributed by atoms with Gasteiger partial charge in [0, 0.05) is 29.2 Å². The molecule has 7 heteroatoms. The topological polar surface area (TPSA) is 65.5 Å². The SMILES string of the molecule is CCNC(=NCCNC(=O)c1ccc(Br)cc1)NC(C)C.I. The van der Waals surface area contributed by atoms with Crippen molar-refractivity contribution in [2.24, 2.45) is 4.99 Å². The number of carbonyl (C=O) groups excluding carboxylic acids is 1. The number of benzene rings is 1. The van der Waals surface area contributed by atoms with Gasteiger partial charge in [0.1, 0.15) is 0 Å². The maximum Gasteiger partial charge on any atom is 0.251 e.